The van der Waals surface area contributed by atoms with Gasteiger partial charge in [-0.3, -0.25) is 4.79 Å². The third-order valence-electron chi connectivity index (χ3n) is 4.12. The van der Waals surface area contributed by atoms with Gasteiger partial charge in [0.1, 0.15) is 16.8 Å². The lowest BCUT2D eigenvalue weighted by Crippen LogP contribution is -2.07. The average molecular weight is 417 g/mol. The number of thiophene rings is 1. The van der Waals surface area contributed by atoms with E-state index >= 15 is 0 Å². The summed E-state index contributed by atoms with van der Waals surface area (Å²) in [5, 5.41) is 13.0. The van der Waals surface area contributed by atoms with E-state index in [4.69, 9.17) is 4.74 Å². The highest BCUT2D eigenvalue weighted by atomic mass is 79.9. The number of nitriles is 1. The fraction of sp³-hybridized carbons (Fsp3) is 0.263. The van der Waals surface area contributed by atoms with E-state index in [0.29, 0.717) is 10.6 Å². The molecule has 0 atom stereocenters. The molecule has 4 nitrogen and oxygen atoms in total. The van der Waals surface area contributed by atoms with Gasteiger partial charge in [-0.1, -0.05) is 6.07 Å². The lowest BCUT2D eigenvalue weighted by molar-refractivity contribution is -0.111. The molecule has 25 heavy (non-hydrogen) atoms. The lowest BCUT2D eigenvalue weighted by Gasteiger charge is -2.09. The zero-order valence-corrected chi connectivity index (χ0v) is 16.2. The first kappa shape index (κ1) is 17.7. The molecule has 1 aromatic heterocycles. The van der Waals surface area contributed by atoms with Crippen molar-refractivity contribution in [2.45, 2.75) is 25.7 Å². The van der Waals surface area contributed by atoms with Crippen LogP contribution in [0.2, 0.25) is 0 Å². The van der Waals surface area contributed by atoms with Gasteiger partial charge in [0.15, 0.2) is 0 Å². The summed E-state index contributed by atoms with van der Waals surface area (Å²) in [4.78, 5) is 13.5. The van der Waals surface area contributed by atoms with Gasteiger partial charge in [-0.15, -0.1) is 11.3 Å². The van der Waals surface area contributed by atoms with Crippen molar-refractivity contribution in [3.63, 3.8) is 0 Å². The van der Waals surface area contributed by atoms with Crippen molar-refractivity contribution in [3.8, 4) is 11.8 Å². The van der Waals surface area contributed by atoms with Crippen LogP contribution in [-0.4, -0.2) is 13.0 Å². The molecular formula is C19H17BrN2O2S. The molecule has 0 saturated carbocycles. The predicted octanol–water partition coefficient (Wildman–Crippen LogP) is 4.92. The van der Waals surface area contributed by atoms with Crippen LogP contribution in [0.5, 0.6) is 5.75 Å². The van der Waals surface area contributed by atoms with Crippen LogP contribution in [0.4, 0.5) is 5.00 Å². The number of hydrogen-bond donors (Lipinski definition) is 1. The maximum absolute atomic E-state index is 12.2. The van der Waals surface area contributed by atoms with E-state index in [-0.39, 0.29) is 5.91 Å². The number of hydrogen-bond acceptors (Lipinski definition) is 4. The monoisotopic (exact) mass is 416 g/mol. The molecule has 0 spiro atoms. The second kappa shape index (κ2) is 7.85. The number of carbonyl (C=O) groups is 1. The Morgan fingerprint density at radius 3 is 2.92 bits per heavy atom. The van der Waals surface area contributed by atoms with Crippen LogP contribution in [0.3, 0.4) is 0 Å². The van der Waals surface area contributed by atoms with Gasteiger partial charge >= 0.3 is 0 Å². The van der Waals surface area contributed by atoms with Crippen molar-refractivity contribution in [1.82, 2.24) is 0 Å². The molecule has 0 saturated heterocycles. The molecule has 0 fully saturated rings. The highest BCUT2D eigenvalue weighted by molar-refractivity contribution is 9.10. The lowest BCUT2D eigenvalue weighted by atomic mass is 9.96. The molecule has 2 aromatic rings. The number of nitrogens with one attached hydrogen (secondary N) is 1. The van der Waals surface area contributed by atoms with Crippen molar-refractivity contribution in [1.29, 1.82) is 5.26 Å². The Morgan fingerprint density at radius 2 is 2.20 bits per heavy atom. The minimum absolute atomic E-state index is 0.234. The second-order valence-electron chi connectivity index (χ2n) is 5.74. The van der Waals surface area contributed by atoms with E-state index < -0.39 is 0 Å². The van der Waals surface area contributed by atoms with Gasteiger partial charge in [-0.2, -0.15) is 5.26 Å². The van der Waals surface area contributed by atoms with Crippen LogP contribution < -0.4 is 10.1 Å². The number of anilines is 1. The molecule has 1 N–H and O–H groups in total. The van der Waals surface area contributed by atoms with Crippen molar-refractivity contribution in [3.05, 3.63) is 50.3 Å². The summed E-state index contributed by atoms with van der Waals surface area (Å²) in [6.45, 7) is 0. The minimum Gasteiger partial charge on any atom is -0.496 e. The third kappa shape index (κ3) is 3.94. The topological polar surface area (TPSA) is 62.1 Å². The fourth-order valence-corrected chi connectivity index (χ4v) is 4.69. The molecule has 6 heteroatoms. The van der Waals surface area contributed by atoms with Crippen LogP contribution in [-0.2, 0) is 17.6 Å². The van der Waals surface area contributed by atoms with E-state index in [9.17, 15) is 10.1 Å². The summed E-state index contributed by atoms with van der Waals surface area (Å²) < 4.78 is 6.02. The first-order valence-electron chi connectivity index (χ1n) is 7.99. The number of amides is 1. The summed E-state index contributed by atoms with van der Waals surface area (Å²) in [6, 6.07) is 7.85. The van der Waals surface area contributed by atoms with Gasteiger partial charge in [0.05, 0.1) is 17.1 Å². The highest BCUT2D eigenvalue weighted by Crippen LogP contribution is 2.37. The van der Waals surface area contributed by atoms with Gasteiger partial charge < -0.3 is 10.1 Å². The Balaban J connectivity index is 1.74. The zero-order valence-electron chi connectivity index (χ0n) is 13.8. The molecule has 1 aliphatic carbocycles. The smallest absolute Gasteiger partial charge is 0.249 e. The summed E-state index contributed by atoms with van der Waals surface area (Å²) in [5.74, 6) is 0.506. The molecule has 128 valence electrons. The average Bonchev–Trinajstić information content (AvgIpc) is 2.97. The minimum atomic E-state index is -0.234. The molecule has 0 radical (unpaired) electrons. The predicted molar refractivity (Wildman–Crippen MR) is 104 cm³/mol. The number of ether oxygens (including phenoxy) is 1. The van der Waals surface area contributed by atoms with E-state index in [2.05, 4.69) is 27.3 Å². The quantitative estimate of drug-likeness (QED) is 0.719. The van der Waals surface area contributed by atoms with Crippen LogP contribution in [0.15, 0.2) is 28.7 Å². The molecule has 1 aliphatic rings. The molecular weight excluding hydrogens is 400 g/mol. The first-order valence-corrected chi connectivity index (χ1v) is 9.60. The Hall–Kier alpha value is -2.10. The maximum Gasteiger partial charge on any atom is 0.249 e. The summed E-state index contributed by atoms with van der Waals surface area (Å²) >= 11 is 4.96. The number of carbonyl (C=O) groups excluding carboxylic acids is 1. The van der Waals surface area contributed by atoms with E-state index in [0.717, 1.165) is 47.0 Å². The van der Waals surface area contributed by atoms with Crippen molar-refractivity contribution >= 4 is 44.3 Å². The Morgan fingerprint density at radius 1 is 1.40 bits per heavy atom. The fourth-order valence-electron chi connectivity index (χ4n) is 2.88. The van der Waals surface area contributed by atoms with Crippen molar-refractivity contribution < 1.29 is 9.53 Å². The van der Waals surface area contributed by atoms with Gasteiger partial charge in [-0.25, -0.2) is 0 Å². The number of fused-ring (bicyclic) bond motifs is 1. The first-order chi connectivity index (χ1) is 12.1. The molecule has 1 heterocycles. The van der Waals surface area contributed by atoms with Gasteiger partial charge in [0.25, 0.3) is 0 Å². The third-order valence-corrected chi connectivity index (χ3v) is 5.95. The second-order valence-corrected chi connectivity index (χ2v) is 7.70. The Kier molecular flexibility index (Phi) is 5.57. The summed E-state index contributed by atoms with van der Waals surface area (Å²) in [6.07, 6.45) is 7.41. The molecule has 0 bridgehead atoms. The SMILES string of the molecule is COc1ccc(C=CC(=O)Nc2sc3c(c2C#N)CCCC3)cc1Br. The van der Waals surface area contributed by atoms with E-state index in [1.54, 1.807) is 13.2 Å². The number of halogens is 1. The molecule has 1 aromatic carbocycles. The number of benzene rings is 1. The number of methoxy groups -OCH3 is 1. The van der Waals surface area contributed by atoms with Crippen LogP contribution in [0.25, 0.3) is 6.08 Å². The van der Waals surface area contributed by atoms with E-state index in [1.165, 1.54) is 22.3 Å². The summed E-state index contributed by atoms with van der Waals surface area (Å²) in [7, 11) is 1.61. The van der Waals surface area contributed by atoms with Crippen LogP contribution >= 0.6 is 27.3 Å². The number of nitrogens with zero attached hydrogens (tertiary/aromatic N) is 1. The van der Waals surface area contributed by atoms with Gasteiger partial charge in [0, 0.05) is 11.0 Å². The molecule has 1 amide bonds. The standard InChI is InChI=1S/C19H17BrN2O2S/c1-24-16-8-6-12(10-15(16)20)7-9-18(23)22-19-14(11-21)13-4-2-3-5-17(13)25-19/h6-10H,2-5H2,1H3,(H,22,23). The summed E-state index contributed by atoms with van der Waals surface area (Å²) in [5.41, 5.74) is 2.64. The molecule has 0 unspecified atom stereocenters. The maximum atomic E-state index is 12.2. The number of aryl methyl sites for hydroxylation is 1. The van der Waals surface area contributed by atoms with Crippen LogP contribution in [0, 0.1) is 11.3 Å². The largest absolute Gasteiger partial charge is 0.496 e. The number of rotatable bonds is 4. The Bertz CT molecular complexity index is 880. The van der Waals surface area contributed by atoms with Crippen LogP contribution in [0.1, 0.15) is 34.4 Å². The van der Waals surface area contributed by atoms with Crippen molar-refractivity contribution in [2.75, 3.05) is 12.4 Å². The van der Waals surface area contributed by atoms with Gasteiger partial charge in [0.2, 0.25) is 5.91 Å². The Labute approximate surface area is 159 Å². The van der Waals surface area contributed by atoms with Gasteiger partial charge in [-0.05, 0) is 70.9 Å². The normalized spacial score (nSPS) is 13.3. The molecule has 3 rings (SSSR count). The zero-order chi connectivity index (χ0) is 17.8. The van der Waals surface area contributed by atoms with Crippen molar-refractivity contribution in [2.24, 2.45) is 0 Å². The highest BCUT2D eigenvalue weighted by Gasteiger charge is 2.21. The molecule has 0 aliphatic heterocycles. The van der Waals surface area contributed by atoms with E-state index in [1.807, 2.05) is 18.2 Å².